The quantitative estimate of drug-likeness (QED) is 0.374. The second-order valence-electron chi connectivity index (χ2n) is 8.30. The molecule has 3 nitrogen and oxygen atoms in total. The molecular formula is C27H31Cl2FeN3. The van der Waals surface area contributed by atoms with Crippen LogP contribution in [0.4, 0.5) is 11.4 Å². The van der Waals surface area contributed by atoms with Gasteiger partial charge in [0.2, 0.25) is 0 Å². The van der Waals surface area contributed by atoms with Gasteiger partial charge in [0.15, 0.2) is 0 Å². The van der Waals surface area contributed by atoms with Crippen molar-refractivity contribution < 1.29 is 41.9 Å². The van der Waals surface area contributed by atoms with Crippen LogP contribution in [-0.4, -0.2) is 16.4 Å². The van der Waals surface area contributed by atoms with Crippen LogP contribution < -0.4 is 24.8 Å². The first-order valence-corrected chi connectivity index (χ1v) is 10.4. The monoisotopic (exact) mass is 523 g/mol. The topological polar surface area (TPSA) is 37.6 Å². The average Bonchev–Trinajstić information content (AvgIpc) is 2.67. The van der Waals surface area contributed by atoms with E-state index in [4.69, 9.17) is 15.0 Å². The summed E-state index contributed by atoms with van der Waals surface area (Å²) in [6.07, 6.45) is 0. The molecule has 0 bridgehead atoms. The Bertz CT molecular complexity index is 1050. The minimum absolute atomic E-state index is 0. The van der Waals surface area contributed by atoms with Crippen molar-refractivity contribution in [2.75, 3.05) is 0 Å². The molecule has 0 aliphatic rings. The first-order valence-electron chi connectivity index (χ1n) is 10.4. The molecule has 0 fully saturated rings. The van der Waals surface area contributed by atoms with Crippen LogP contribution in [0.25, 0.3) is 0 Å². The van der Waals surface area contributed by atoms with E-state index in [9.17, 15) is 0 Å². The summed E-state index contributed by atoms with van der Waals surface area (Å²) in [5, 5.41) is 0. The molecular weight excluding hydrogens is 493 g/mol. The van der Waals surface area contributed by atoms with Gasteiger partial charge in [-0.05, 0) is 89.8 Å². The van der Waals surface area contributed by atoms with E-state index in [0.29, 0.717) is 0 Å². The normalized spacial score (nSPS) is 11.3. The zero-order chi connectivity index (χ0) is 22.0. The van der Waals surface area contributed by atoms with Gasteiger partial charge < -0.3 is 24.8 Å². The molecule has 0 N–H and O–H groups in total. The molecule has 0 saturated carbocycles. The van der Waals surface area contributed by atoms with Crippen LogP contribution in [0, 0.1) is 41.5 Å². The van der Waals surface area contributed by atoms with Crippen molar-refractivity contribution >= 4 is 22.8 Å². The molecule has 176 valence electrons. The molecule has 0 spiro atoms. The number of hydrogen-bond donors (Lipinski definition) is 0. The van der Waals surface area contributed by atoms with E-state index < -0.39 is 0 Å². The van der Waals surface area contributed by atoms with E-state index in [2.05, 4.69) is 65.8 Å². The zero-order valence-electron chi connectivity index (χ0n) is 20.5. The molecule has 0 aliphatic heterocycles. The molecule has 0 radical (unpaired) electrons. The van der Waals surface area contributed by atoms with Crippen molar-refractivity contribution in [2.24, 2.45) is 9.98 Å². The van der Waals surface area contributed by atoms with Crippen LogP contribution in [0.2, 0.25) is 0 Å². The van der Waals surface area contributed by atoms with Gasteiger partial charge >= 0.3 is 17.1 Å². The van der Waals surface area contributed by atoms with Crippen molar-refractivity contribution in [1.82, 2.24) is 4.98 Å². The van der Waals surface area contributed by atoms with Gasteiger partial charge in [0.25, 0.3) is 0 Å². The molecule has 6 heteroatoms. The fourth-order valence-electron chi connectivity index (χ4n) is 3.99. The first kappa shape index (κ1) is 31.0. The smallest absolute Gasteiger partial charge is 1.00 e. The predicted molar refractivity (Wildman–Crippen MR) is 129 cm³/mol. The number of pyridine rings is 1. The molecule has 1 heterocycles. The van der Waals surface area contributed by atoms with Gasteiger partial charge in [-0.25, -0.2) is 4.98 Å². The average molecular weight is 524 g/mol. The van der Waals surface area contributed by atoms with Crippen molar-refractivity contribution in [1.29, 1.82) is 0 Å². The molecule has 0 aliphatic carbocycles. The van der Waals surface area contributed by atoms with Gasteiger partial charge in [-0.3, -0.25) is 9.98 Å². The van der Waals surface area contributed by atoms with Gasteiger partial charge in [0.05, 0.1) is 34.2 Å². The second-order valence-corrected chi connectivity index (χ2v) is 8.30. The number of aliphatic imine (C=N–C) groups is 2. The van der Waals surface area contributed by atoms with E-state index >= 15 is 0 Å². The fourth-order valence-corrected chi connectivity index (χ4v) is 3.99. The number of nitrogens with zero attached hydrogens (tertiary/aromatic N) is 3. The third-order valence-electron chi connectivity index (χ3n) is 5.32. The number of hydrogen-bond acceptors (Lipinski definition) is 3. The Labute approximate surface area is 221 Å². The van der Waals surface area contributed by atoms with Gasteiger partial charge in [-0.1, -0.05) is 41.5 Å². The summed E-state index contributed by atoms with van der Waals surface area (Å²) in [6, 6.07) is 14.7. The van der Waals surface area contributed by atoms with Crippen LogP contribution in [0.5, 0.6) is 0 Å². The standard InChI is InChI=1S/C27H31N3.2ClH.Fe/c1-16-12-18(3)26(19(4)13-16)28-22(7)24-10-9-11-25(30-24)23(8)29-27-20(5)14-17(2)15-21(27)6;;;/h9-15H,1-8H3;2*1H;/q;;;+2/p-2. The molecule has 3 rings (SSSR count). The summed E-state index contributed by atoms with van der Waals surface area (Å²) in [7, 11) is 0. The second kappa shape index (κ2) is 13.1. The van der Waals surface area contributed by atoms with Crippen LogP contribution in [0.15, 0.2) is 52.4 Å². The van der Waals surface area contributed by atoms with Crippen LogP contribution in [0.1, 0.15) is 58.6 Å². The maximum absolute atomic E-state index is 4.91. The third-order valence-corrected chi connectivity index (χ3v) is 5.32. The molecule has 3 aromatic rings. The molecule has 0 amide bonds. The Hall–Kier alpha value is -1.97. The van der Waals surface area contributed by atoms with Gasteiger partial charge in [-0.15, -0.1) is 0 Å². The van der Waals surface area contributed by atoms with E-state index in [1.807, 2.05) is 32.0 Å². The number of benzene rings is 2. The molecule has 0 atom stereocenters. The summed E-state index contributed by atoms with van der Waals surface area (Å²) in [5.74, 6) is 0. The molecule has 0 unspecified atom stereocenters. The minimum Gasteiger partial charge on any atom is -1.00 e. The summed E-state index contributed by atoms with van der Waals surface area (Å²) in [5.41, 5.74) is 12.9. The Morgan fingerprint density at radius 2 is 0.909 bits per heavy atom. The number of halogens is 2. The Morgan fingerprint density at radius 1 is 0.606 bits per heavy atom. The van der Waals surface area contributed by atoms with Crippen molar-refractivity contribution in [2.45, 2.75) is 55.4 Å². The predicted octanol–water partition coefficient (Wildman–Crippen LogP) is 1.22. The van der Waals surface area contributed by atoms with Crippen LogP contribution in [0.3, 0.4) is 0 Å². The van der Waals surface area contributed by atoms with E-state index in [1.165, 1.54) is 33.4 Å². The summed E-state index contributed by atoms with van der Waals surface area (Å²) in [4.78, 5) is 14.7. The third kappa shape index (κ3) is 7.52. The summed E-state index contributed by atoms with van der Waals surface area (Å²) < 4.78 is 0. The SMILES string of the molecule is CC(=Nc1c(C)cc(C)cc1C)c1cccc(C(C)=Nc2c(C)cc(C)cc2C)n1.[Cl-].[Cl-].[Fe+2]. The first-order chi connectivity index (χ1) is 14.2. The van der Waals surface area contributed by atoms with Crippen molar-refractivity contribution in [3.63, 3.8) is 0 Å². The fraction of sp³-hybridized carbons (Fsp3) is 0.296. The maximum Gasteiger partial charge on any atom is 2.00 e. The number of aromatic nitrogens is 1. The van der Waals surface area contributed by atoms with E-state index in [-0.39, 0.29) is 41.9 Å². The zero-order valence-corrected chi connectivity index (χ0v) is 23.1. The van der Waals surface area contributed by atoms with Gasteiger partial charge in [0, 0.05) is 0 Å². The largest absolute Gasteiger partial charge is 2.00 e. The molecule has 1 aromatic heterocycles. The molecule has 0 saturated heterocycles. The van der Waals surface area contributed by atoms with E-state index in [0.717, 1.165) is 34.2 Å². The van der Waals surface area contributed by atoms with Crippen LogP contribution >= 0.6 is 0 Å². The summed E-state index contributed by atoms with van der Waals surface area (Å²) >= 11 is 0. The van der Waals surface area contributed by atoms with Gasteiger partial charge in [-0.2, -0.15) is 0 Å². The number of aryl methyl sites for hydroxylation is 6. The Balaban J connectivity index is 0.00000341. The van der Waals surface area contributed by atoms with Crippen molar-refractivity contribution in [3.05, 3.63) is 87.2 Å². The molecule has 33 heavy (non-hydrogen) atoms. The minimum atomic E-state index is 0. The Morgan fingerprint density at radius 3 is 1.21 bits per heavy atom. The maximum atomic E-state index is 4.91. The molecule has 2 aromatic carbocycles. The van der Waals surface area contributed by atoms with Crippen LogP contribution in [-0.2, 0) is 17.1 Å². The van der Waals surface area contributed by atoms with Crippen molar-refractivity contribution in [3.8, 4) is 0 Å². The summed E-state index contributed by atoms with van der Waals surface area (Å²) in [6.45, 7) is 16.7. The Kier molecular flexibility index (Phi) is 12.3. The number of rotatable bonds is 4. The van der Waals surface area contributed by atoms with Gasteiger partial charge in [0.1, 0.15) is 0 Å². The van der Waals surface area contributed by atoms with E-state index in [1.54, 1.807) is 0 Å².